The average Bonchev–Trinajstić information content (AvgIpc) is 3.12. The molecule has 108 valence electrons. The van der Waals surface area contributed by atoms with Crippen molar-refractivity contribution in [2.75, 3.05) is 6.61 Å². The van der Waals surface area contributed by atoms with Gasteiger partial charge >= 0.3 is 0 Å². The summed E-state index contributed by atoms with van der Waals surface area (Å²) in [5.74, 6) is 0.862. The molecule has 0 radical (unpaired) electrons. The van der Waals surface area contributed by atoms with Crippen LogP contribution in [0.1, 0.15) is 16.9 Å². The van der Waals surface area contributed by atoms with Gasteiger partial charge in [-0.25, -0.2) is 0 Å². The van der Waals surface area contributed by atoms with E-state index in [1.54, 1.807) is 12.5 Å². The molecule has 0 fully saturated rings. The Hall–Kier alpha value is -2.17. The van der Waals surface area contributed by atoms with Gasteiger partial charge < -0.3 is 9.52 Å². The number of nitrogens with zero attached hydrogens (tertiary/aromatic N) is 1. The molecular formula is C17H18N2O2. The van der Waals surface area contributed by atoms with E-state index in [4.69, 9.17) is 10.2 Å². The zero-order chi connectivity index (χ0) is 14.7. The van der Waals surface area contributed by atoms with E-state index in [0.717, 1.165) is 22.5 Å². The summed E-state index contributed by atoms with van der Waals surface area (Å²) in [5, 5.41) is 9.24. The molecule has 0 saturated carbocycles. The molecule has 0 saturated heterocycles. The predicted octanol–water partition coefficient (Wildman–Crippen LogP) is 2.18. The summed E-state index contributed by atoms with van der Waals surface area (Å²) in [4.78, 5) is 4.48. The quantitative estimate of drug-likeness (QED) is 0.883. The van der Waals surface area contributed by atoms with E-state index in [9.17, 15) is 5.11 Å². The number of aliphatic hydroxyl groups excluding tert-OH is 1. The Morgan fingerprint density at radius 2 is 2.05 bits per heavy atom. The Balaban J connectivity index is 1.96. The fourth-order valence-electron chi connectivity index (χ4n) is 2.72. The van der Waals surface area contributed by atoms with Crippen molar-refractivity contribution in [2.45, 2.75) is 18.5 Å². The molecule has 4 nitrogen and oxygen atoms in total. The van der Waals surface area contributed by atoms with Gasteiger partial charge in [0.05, 0.1) is 6.26 Å². The lowest BCUT2D eigenvalue weighted by Crippen LogP contribution is -2.37. The van der Waals surface area contributed by atoms with Crippen LogP contribution in [0.3, 0.4) is 0 Å². The normalized spacial score (nSPS) is 20.8. The van der Waals surface area contributed by atoms with Gasteiger partial charge in [-0.1, -0.05) is 24.3 Å². The summed E-state index contributed by atoms with van der Waals surface area (Å²) in [6.07, 6.45) is 6.53. The summed E-state index contributed by atoms with van der Waals surface area (Å²) >= 11 is 0. The first-order chi connectivity index (χ1) is 10.2. The largest absolute Gasteiger partial charge is 0.469 e. The second kappa shape index (κ2) is 5.68. The lowest BCUT2D eigenvalue weighted by molar-refractivity contribution is 0.298. The summed E-state index contributed by atoms with van der Waals surface area (Å²) in [7, 11) is 0. The maximum Gasteiger partial charge on any atom is 0.156 e. The maximum absolute atomic E-state index is 9.24. The van der Waals surface area contributed by atoms with Gasteiger partial charge in [-0.15, -0.1) is 0 Å². The summed E-state index contributed by atoms with van der Waals surface area (Å²) < 4.78 is 5.41. The molecule has 3 rings (SSSR count). The zero-order valence-corrected chi connectivity index (χ0v) is 11.7. The van der Waals surface area contributed by atoms with Crippen LogP contribution in [-0.2, 0) is 18.5 Å². The minimum absolute atomic E-state index is 0.0913. The van der Waals surface area contributed by atoms with Gasteiger partial charge in [-0.05, 0) is 35.8 Å². The first-order valence-corrected chi connectivity index (χ1v) is 6.99. The lowest BCUT2D eigenvalue weighted by Gasteiger charge is -2.27. The first-order valence-electron chi connectivity index (χ1n) is 6.99. The third-order valence-electron chi connectivity index (χ3n) is 3.80. The molecular weight excluding hydrogens is 264 g/mol. The molecule has 1 aliphatic rings. The van der Waals surface area contributed by atoms with Crippen molar-refractivity contribution in [1.82, 2.24) is 0 Å². The number of aliphatic hydroxyl groups is 1. The van der Waals surface area contributed by atoms with E-state index in [-0.39, 0.29) is 6.61 Å². The van der Waals surface area contributed by atoms with Gasteiger partial charge in [0.15, 0.2) is 5.66 Å². The maximum atomic E-state index is 9.24. The molecule has 1 aromatic heterocycles. The van der Waals surface area contributed by atoms with Crippen LogP contribution in [-0.4, -0.2) is 17.9 Å². The number of furan rings is 1. The van der Waals surface area contributed by atoms with Gasteiger partial charge in [0.25, 0.3) is 0 Å². The van der Waals surface area contributed by atoms with E-state index in [0.29, 0.717) is 12.8 Å². The Labute approximate surface area is 123 Å². The highest BCUT2D eigenvalue weighted by Gasteiger charge is 2.35. The number of hydrogen-bond donors (Lipinski definition) is 2. The molecule has 21 heavy (non-hydrogen) atoms. The Kier molecular flexibility index (Phi) is 3.73. The molecule has 1 atom stereocenters. The molecule has 0 bridgehead atoms. The highest BCUT2D eigenvalue weighted by atomic mass is 16.3. The van der Waals surface area contributed by atoms with Gasteiger partial charge in [0.2, 0.25) is 0 Å². The molecule has 1 aromatic carbocycles. The fraction of sp³-hybridized carbons (Fsp3) is 0.235. The zero-order valence-electron chi connectivity index (χ0n) is 11.7. The standard InChI is InChI=1S/C17H18N2O2/c18-17(16-6-2-1-4-13(16)8-10-20)14(7-9-19-17)12-15-5-3-11-21-15/h1-7,9,11,20H,8,10,12,18H2. The van der Waals surface area contributed by atoms with Gasteiger partial charge in [-0.3, -0.25) is 10.7 Å². The monoisotopic (exact) mass is 282 g/mol. The van der Waals surface area contributed by atoms with E-state index < -0.39 is 5.66 Å². The minimum Gasteiger partial charge on any atom is -0.469 e. The Bertz CT molecular complexity index is 674. The Morgan fingerprint density at radius 1 is 1.19 bits per heavy atom. The third-order valence-corrected chi connectivity index (χ3v) is 3.80. The van der Waals surface area contributed by atoms with Crippen molar-refractivity contribution in [3.8, 4) is 0 Å². The topological polar surface area (TPSA) is 71.8 Å². The fourth-order valence-corrected chi connectivity index (χ4v) is 2.72. The van der Waals surface area contributed by atoms with Crippen LogP contribution in [0.4, 0.5) is 0 Å². The van der Waals surface area contributed by atoms with Gasteiger partial charge in [0.1, 0.15) is 5.76 Å². The van der Waals surface area contributed by atoms with Crippen molar-refractivity contribution in [2.24, 2.45) is 10.7 Å². The number of nitrogens with two attached hydrogens (primary N) is 1. The van der Waals surface area contributed by atoms with E-state index in [2.05, 4.69) is 4.99 Å². The second-order valence-corrected chi connectivity index (χ2v) is 5.12. The second-order valence-electron chi connectivity index (χ2n) is 5.12. The van der Waals surface area contributed by atoms with Crippen LogP contribution in [0.5, 0.6) is 0 Å². The van der Waals surface area contributed by atoms with Crippen molar-refractivity contribution >= 4 is 6.21 Å². The van der Waals surface area contributed by atoms with E-state index in [1.807, 2.05) is 42.5 Å². The number of benzene rings is 1. The molecule has 3 N–H and O–H groups in total. The lowest BCUT2D eigenvalue weighted by atomic mass is 9.87. The number of aliphatic imine (C=N–C) groups is 1. The van der Waals surface area contributed by atoms with Crippen LogP contribution in [0, 0.1) is 0 Å². The summed E-state index contributed by atoms with van der Waals surface area (Å²) in [5.41, 5.74) is 8.65. The molecule has 1 unspecified atom stereocenters. The summed E-state index contributed by atoms with van der Waals surface area (Å²) in [6.45, 7) is 0.0913. The van der Waals surface area contributed by atoms with Crippen LogP contribution in [0.2, 0.25) is 0 Å². The highest BCUT2D eigenvalue weighted by molar-refractivity contribution is 5.78. The predicted molar refractivity (Wildman–Crippen MR) is 82.1 cm³/mol. The van der Waals surface area contributed by atoms with Crippen LogP contribution < -0.4 is 5.73 Å². The number of rotatable bonds is 5. The van der Waals surface area contributed by atoms with Crippen molar-refractivity contribution in [1.29, 1.82) is 0 Å². The third kappa shape index (κ3) is 2.55. The SMILES string of the molecule is NC1(c2ccccc2CCO)N=CC=C1Cc1ccco1. The molecule has 2 aromatic rings. The van der Waals surface area contributed by atoms with Crippen molar-refractivity contribution in [3.05, 3.63) is 71.2 Å². The van der Waals surface area contributed by atoms with Crippen LogP contribution >= 0.6 is 0 Å². The smallest absolute Gasteiger partial charge is 0.156 e. The Morgan fingerprint density at radius 3 is 2.81 bits per heavy atom. The van der Waals surface area contributed by atoms with Crippen molar-refractivity contribution < 1.29 is 9.52 Å². The number of allylic oxidation sites excluding steroid dienone is 1. The minimum atomic E-state index is -0.876. The summed E-state index contributed by atoms with van der Waals surface area (Å²) in [6, 6.07) is 11.7. The molecule has 0 aliphatic carbocycles. The van der Waals surface area contributed by atoms with Gasteiger partial charge in [0, 0.05) is 24.8 Å². The molecule has 1 aliphatic heterocycles. The van der Waals surface area contributed by atoms with Crippen LogP contribution in [0.25, 0.3) is 0 Å². The number of hydrogen-bond acceptors (Lipinski definition) is 4. The molecule has 2 heterocycles. The van der Waals surface area contributed by atoms with Gasteiger partial charge in [-0.2, -0.15) is 0 Å². The highest BCUT2D eigenvalue weighted by Crippen LogP contribution is 2.35. The first kappa shape index (κ1) is 13.8. The van der Waals surface area contributed by atoms with Crippen LogP contribution in [0.15, 0.2) is 63.7 Å². The molecule has 4 heteroatoms. The van der Waals surface area contributed by atoms with E-state index >= 15 is 0 Å². The average molecular weight is 282 g/mol. The molecule has 0 amide bonds. The molecule has 0 spiro atoms. The van der Waals surface area contributed by atoms with Crippen molar-refractivity contribution in [3.63, 3.8) is 0 Å². The van der Waals surface area contributed by atoms with E-state index in [1.165, 1.54) is 0 Å².